The van der Waals surface area contributed by atoms with Gasteiger partial charge < -0.3 is 5.11 Å². The largest absolute Gasteiger partial charge is 0.507 e. The number of amides is 2. The molecule has 0 aromatic heterocycles. The fraction of sp³-hybridized carbons (Fsp3) is 0. The van der Waals surface area contributed by atoms with Gasteiger partial charge in [0.2, 0.25) is 0 Å². The first-order valence-electron chi connectivity index (χ1n) is 6.25. The molecule has 1 saturated heterocycles. The van der Waals surface area contributed by atoms with Gasteiger partial charge >= 0.3 is 0 Å². The minimum absolute atomic E-state index is 0.0175. The first kappa shape index (κ1) is 14.7. The fourth-order valence-electron chi connectivity index (χ4n) is 2.22. The second-order valence-corrected chi connectivity index (χ2v) is 5.98. The Morgan fingerprint density at radius 3 is 2.45 bits per heavy atom. The van der Waals surface area contributed by atoms with E-state index in [1.54, 1.807) is 12.1 Å². The van der Waals surface area contributed by atoms with E-state index >= 15 is 0 Å². The van der Waals surface area contributed by atoms with Crippen molar-refractivity contribution >= 4 is 61.9 Å². The minimum atomic E-state index is -0.595. The second kappa shape index (κ2) is 5.51. The number of fused-ring (bicyclic) bond motifs is 1. The molecule has 0 saturated carbocycles. The number of nitrogens with one attached hydrogen (secondary N) is 2. The molecule has 1 fully saturated rings. The molecule has 0 bridgehead atoms. The van der Waals surface area contributed by atoms with Crippen molar-refractivity contribution in [2.45, 2.75) is 0 Å². The van der Waals surface area contributed by atoms with Crippen LogP contribution >= 0.6 is 28.1 Å². The van der Waals surface area contributed by atoms with E-state index in [0.29, 0.717) is 5.56 Å². The summed E-state index contributed by atoms with van der Waals surface area (Å²) < 4.78 is 0.891. The zero-order chi connectivity index (χ0) is 15.9. The van der Waals surface area contributed by atoms with Gasteiger partial charge in [-0.3, -0.25) is 20.2 Å². The number of hydrogen-bond acceptors (Lipinski definition) is 4. The summed E-state index contributed by atoms with van der Waals surface area (Å²) >= 11 is 8.13. The van der Waals surface area contributed by atoms with E-state index in [1.165, 1.54) is 12.1 Å². The number of phenols is 1. The fourth-order valence-corrected chi connectivity index (χ4v) is 2.78. The monoisotopic (exact) mass is 376 g/mol. The summed E-state index contributed by atoms with van der Waals surface area (Å²) in [6, 6.07) is 8.78. The maximum absolute atomic E-state index is 11.9. The van der Waals surface area contributed by atoms with Gasteiger partial charge in [0, 0.05) is 10.0 Å². The molecule has 0 aliphatic carbocycles. The highest BCUT2D eigenvalue weighted by Gasteiger charge is 2.26. The Hall–Kier alpha value is -2.25. The van der Waals surface area contributed by atoms with E-state index in [9.17, 15) is 14.7 Å². The van der Waals surface area contributed by atoms with Gasteiger partial charge in [0.15, 0.2) is 5.11 Å². The molecular formula is C15H9BrN2O3S. The van der Waals surface area contributed by atoms with Gasteiger partial charge in [0.25, 0.3) is 11.8 Å². The van der Waals surface area contributed by atoms with Gasteiger partial charge in [-0.15, -0.1) is 0 Å². The molecule has 3 N–H and O–H groups in total. The number of phenolic OH excluding ortho intramolecular Hbond substituents is 1. The third-order valence-electron chi connectivity index (χ3n) is 3.23. The Kier molecular flexibility index (Phi) is 3.67. The topological polar surface area (TPSA) is 78.4 Å². The lowest BCUT2D eigenvalue weighted by Crippen LogP contribution is -2.51. The first-order valence-corrected chi connectivity index (χ1v) is 7.45. The Labute approximate surface area is 139 Å². The number of aromatic hydroxyl groups is 1. The number of halogens is 1. The van der Waals surface area contributed by atoms with Crippen molar-refractivity contribution in [3.8, 4) is 5.75 Å². The lowest BCUT2D eigenvalue weighted by atomic mass is 10.0. The van der Waals surface area contributed by atoms with Crippen LogP contribution < -0.4 is 10.6 Å². The van der Waals surface area contributed by atoms with E-state index in [0.717, 1.165) is 15.2 Å². The molecule has 5 nitrogen and oxygen atoms in total. The van der Waals surface area contributed by atoms with Crippen LogP contribution in [0.3, 0.4) is 0 Å². The van der Waals surface area contributed by atoms with Crippen molar-refractivity contribution in [3.63, 3.8) is 0 Å². The molecule has 22 heavy (non-hydrogen) atoms. The predicted molar refractivity (Wildman–Crippen MR) is 90.2 cm³/mol. The van der Waals surface area contributed by atoms with Crippen molar-refractivity contribution in [2.24, 2.45) is 0 Å². The molecule has 110 valence electrons. The van der Waals surface area contributed by atoms with Crippen LogP contribution in [0, 0.1) is 0 Å². The van der Waals surface area contributed by atoms with Crippen molar-refractivity contribution in [1.29, 1.82) is 0 Å². The van der Waals surface area contributed by atoms with Crippen molar-refractivity contribution < 1.29 is 14.7 Å². The summed E-state index contributed by atoms with van der Waals surface area (Å²) in [4.78, 5) is 23.8. The molecule has 3 rings (SSSR count). The molecule has 7 heteroatoms. The third-order valence-corrected chi connectivity index (χ3v) is 3.93. The Bertz CT molecular complexity index is 854. The lowest BCUT2D eigenvalue weighted by molar-refractivity contribution is -0.123. The molecule has 2 amide bonds. The summed E-state index contributed by atoms with van der Waals surface area (Å²) in [5, 5.41) is 16.4. The quantitative estimate of drug-likeness (QED) is 0.405. The average molecular weight is 377 g/mol. The van der Waals surface area contributed by atoms with Gasteiger partial charge in [0.1, 0.15) is 11.3 Å². The second-order valence-electron chi connectivity index (χ2n) is 4.66. The zero-order valence-electron chi connectivity index (χ0n) is 11.0. The van der Waals surface area contributed by atoms with Gasteiger partial charge in [-0.25, -0.2) is 0 Å². The highest BCUT2D eigenvalue weighted by molar-refractivity contribution is 9.10. The maximum Gasteiger partial charge on any atom is 0.263 e. The number of thiocarbonyl (C=S) groups is 1. The summed E-state index contributed by atoms with van der Waals surface area (Å²) in [6.07, 6.45) is 1.36. The average Bonchev–Trinajstić information content (AvgIpc) is 2.44. The van der Waals surface area contributed by atoms with Crippen molar-refractivity contribution in [2.75, 3.05) is 0 Å². The summed E-state index contributed by atoms with van der Waals surface area (Å²) in [5.41, 5.74) is 0.289. The number of carbonyl (C=O) groups is 2. The standard InChI is InChI=1S/C15H9BrN2O3S/c16-8-2-3-9-7(5-8)1-4-12(19)10(9)6-11-13(20)17-15(22)18-14(11)21/h1-6,19H,(H2,17,18,20,21,22). The molecule has 0 unspecified atom stereocenters. The van der Waals surface area contributed by atoms with E-state index in [2.05, 4.69) is 26.6 Å². The molecule has 0 radical (unpaired) electrons. The molecule has 2 aromatic carbocycles. The highest BCUT2D eigenvalue weighted by atomic mass is 79.9. The molecular weight excluding hydrogens is 368 g/mol. The smallest absolute Gasteiger partial charge is 0.263 e. The van der Waals surface area contributed by atoms with Crippen LogP contribution in [0.15, 0.2) is 40.4 Å². The van der Waals surface area contributed by atoms with Crippen LogP contribution in [0.1, 0.15) is 5.56 Å². The van der Waals surface area contributed by atoms with Gasteiger partial charge in [-0.1, -0.05) is 28.1 Å². The summed E-state index contributed by atoms with van der Waals surface area (Å²) in [6.45, 7) is 0. The molecule has 0 spiro atoms. The molecule has 2 aromatic rings. The van der Waals surface area contributed by atoms with Crippen LogP contribution in [0.25, 0.3) is 16.8 Å². The highest BCUT2D eigenvalue weighted by Crippen LogP contribution is 2.31. The predicted octanol–water partition coefficient (Wildman–Crippen LogP) is 2.22. The van der Waals surface area contributed by atoms with Gasteiger partial charge in [-0.05, 0) is 47.3 Å². The Morgan fingerprint density at radius 2 is 1.77 bits per heavy atom. The van der Waals surface area contributed by atoms with Crippen molar-refractivity contribution in [3.05, 3.63) is 45.9 Å². The van der Waals surface area contributed by atoms with E-state index in [1.807, 2.05) is 12.1 Å². The van der Waals surface area contributed by atoms with E-state index < -0.39 is 11.8 Å². The summed E-state index contributed by atoms with van der Waals surface area (Å²) in [7, 11) is 0. The first-order chi connectivity index (χ1) is 10.5. The molecule has 1 heterocycles. The number of carbonyl (C=O) groups excluding carboxylic acids is 2. The Balaban J connectivity index is 2.20. The summed E-state index contributed by atoms with van der Waals surface area (Å²) in [5.74, 6) is -1.21. The van der Waals surface area contributed by atoms with Crippen LogP contribution in [-0.4, -0.2) is 22.0 Å². The minimum Gasteiger partial charge on any atom is -0.507 e. The van der Waals surface area contributed by atoms with Gasteiger partial charge in [-0.2, -0.15) is 0 Å². The van der Waals surface area contributed by atoms with Crippen molar-refractivity contribution in [1.82, 2.24) is 10.6 Å². The zero-order valence-corrected chi connectivity index (χ0v) is 13.4. The van der Waals surface area contributed by atoms with E-state index in [4.69, 9.17) is 12.2 Å². The SMILES string of the molecule is O=C1NC(=S)NC(=O)C1=Cc1c(O)ccc2cc(Br)ccc12. The number of hydrogen-bond donors (Lipinski definition) is 3. The number of rotatable bonds is 1. The van der Waals surface area contributed by atoms with Crippen LogP contribution in [0.2, 0.25) is 0 Å². The van der Waals surface area contributed by atoms with E-state index in [-0.39, 0.29) is 16.4 Å². The number of benzene rings is 2. The molecule has 1 aliphatic heterocycles. The maximum atomic E-state index is 11.9. The van der Waals surface area contributed by atoms with Crippen LogP contribution in [0.4, 0.5) is 0 Å². The molecule has 1 aliphatic rings. The third kappa shape index (κ3) is 2.60. The Morgan fingerprint density at radius 1 is 1.09 bits per heavy atom. The normalized spacial score (nSPS) is 14.8. The van der Waals surface area contributed by atoms with Crippen LogP contribution in [0.5, 0.6) is 5.75 Å². The van der Waals surface area contributed by atoms with Gasteiger partial charge in [0.05, 0.1) is 0 Å². The molecule has 0 atom stereocenters. The van der Waals surface area contributed by atoms with Crippen LogP contribution in [-0.2, 0) is 9.59 Å². The lowest BCUT2D eigenvalue weighted by Gasteiger charge is -2.17.